The van der Waals surface area contributed by atoms with Crippen LogP contribution in [-0.4, -0.2) is 23.6 Å². The normalized spacial score (nSPS) is 14.1. The molecule has 4 nitrogen and oxygen atoms in total. The van der Waals surface area contributed by atoms with Gasteiger partial charge in [0.25, 0.3) is 0 Å². The Morgan fingerprint density at radius 1 is 1.15 bits per heavy atom. The molecule has 1 aliphatic heterocycles. The van der Waals surface area contributed by atoms with E-state index in [0.717, 1.165) is 30.9 Å². The number of fused-ring (bicyclic) bond motifs is 1. The molecule has 1 N–H and O–H groups in total. The third-order valence-corrected chi connectivity index (χ3v) is 3.39. The number of nitrogens with zero attached hydrogens (tertiary/aromatic N) is 2. The summed E-state index contributed by atoms with van der Waals surface area (Å²) in [5, 5.41) is 2.23. The van der Waals surface area contributed by atoms with Gasteiger partial charge in [-0.15, -0.1) is 12.4 Å². The van der Waals surface area contributed by atoms with Crippen molar-refractivity contribution < 1.29 is 4.74 Å². The van der Waals surface area contributed by atoms with Crippen molar-refractivity contribution in [2.75, 3.05) is 19.1 Å². The largest absolute Gasteiger partial charge is 0.497 e. The lowest BCUT2D eigenvalue weighted by molar-refractivity contribution is 0.307. The van der Waals surface area contributed by atoms with Crippen LogP contribution in [0, 0.1) is 0 Å². The molecule has 2 aromatic rings. The number of ether oxygens (including phenoxy) is 1. The number of pyridine rings is 1. The molecule has 0 bridgehead atoms. The van der Waals surface area contributed by atoms with Crippen LogP contribution >= 0.6 is 12.4 Å². The molecule has 0 radical (unpaired) electrons. The number of rotatable bonds is 3. The predicted molar refractivity (Wildman–Crippen MR) is 82.2 cm³/mol. The maximum Gasteiger partial charge on any atom is 0.119 e. The van der Waals surface area contributed by atoms with Gasteiger partial charge in [-0.25, -0.2) is 5.01 Å². The van der Waals surface area contributed by atoms with Gasteiger partial charge in [-0.05, 0) is 41.8 Å². The Hall–Kier alpha value is -1.78. The smallest absolute Gasteiger partial charge is 0.119 e. The molecule has 1 aromatic heterocycles. The van der Waals surface area contributed by atoms with E-state index in [1.807, 2.05) is 18.2 Å². The van der Waals surface area contributed by atoms with Gasteiger partial charge >= 0.3 is 0 Å². The van der Waals surface area contributed by atoms with Crippen molar-refractivity contribution in [2.45, 2.75) is 13.0 Å². The zero-order chi connectivity index (χ0) is 13.1. The summed E-state index contributed by atoms with van der Waals surface area (Å²) in [5.41, 5.74) is 7.23. The van der Waals surface area contributed by atoms with Crippen LogP contribution in [0.5, 0.6) is 5.75 Å². The van der Waals surface area contributed by atoms with E-state index >= 15 is 0 Å². The summed E-state index contributed by atoms with van der Waals surface area (Å²) >= 11 is 0. The second-order valence-electron chi connectivity index (χ2n) is 4.65. The molecule has 0 saturated heterocycles. The highest BCUT2D eigenvalue weighted by Gasteiger charge is 2.16. The number of benzene rings is 1. The summed E-state index contributed by atoms with van der Waals surface area (Å²) in [6, 6.07) is 10.3. The number of halogens is 1. The first kappa shape index (κ1) is 14.6. The fraction of sp³-hybridized carbons (Fsp3) is 0.267. The number of nitrogens with one attached hydrogen (secondary N) is 1. The van der Waals surface area contributed by atoms with Crippen LogP contribution in [0.15, 0.2) is 42.7 Å². The number of hydrogen-bond donors (Lipinski definition) is 1. The average molecular weight is 292 g/mol. The summed E-state index contributed by atoms with van der Waals surface area (Å²) in [4.78, 5) is 4.02. The van der Waals surface area contributed by atoms with Crippen LogP contribution in [0.2, 0.25) is 0 Å². The van der Waals surface area contributed by atoms with Crippen LogP contribution < -0.4 is 10.2 Å². The molecule has 0 amide bonds. The maximum absolute atomic E-state index is 5.27. The summed E-state index contributed by atoms with van der Waals surface area (Å²) in [6.07, 6.45) is 4.63. The Bertz CT molecular complexity index is 562. The first-order valence-corrected chi connectivity index (χ1v) is 6.42. The van der Waals surface area contributed by atoms with E-state index in [2.05, 4.69) is 27.6 Å². The number of hydrazine groups is 1. The second-order valence-corrected chi connectivity index (χ2v) is 4.65. The molecule has 3 rings (SSSR count). The van der Waals surface area contributed by atoms with Crippen LogP contribution in [0.1, 0.15) is 11.1 Å². The quantitative estimate of drug-likeness (QED) is 0.943. The van der Waals surface area contributed by atoms with Crippen molar-refractivity contribution in [1.29, 1.82) is 0 Å². The minimum Gasteiger partial charge on any atom is -0.497 e. The Balaban J connectivity index is 0.00000147. The molecule has 0 aliphatic carbocycles. The molecule has 106 valence electrons. The van der Waals surface area contributed by atoms with E-state index in [0.29, 0.717) is 0 Å². The van der Waals surface area contributed by atoms with Crippen molar-refractivity contribution in [2.24, 2.45) is 0 Å². The number of aromatic nitrogens is 1. The van der Waals surface area contributed by atoms with Crippen LogP contribution in [0.25, 0.3) is 0 Å². The first-order valence-electron chi connectivity index (χ1n) is 6.42. The van der Waals surface area contributed by atoms with E-state index in [-0.39, 0.29) is 12.4 Å². The van der Waals surface area contributed by atoms with Gasteiger partial charge in [0.1, 0.15) is 5.75 Å². The second kappa shape index (κ2) is 6.59. The zero-order valence-electron chi connectivity index (χ0n) is 11.4. The van der Waals surface area contributed by atoms with Crippen molar-refractivity contribution in [3.8, 4) is 5.75 Å². The fourth-order valence-electron chi connectivity index (χ4n) is 2.36. The monoisotopic (exact) mass is 291 g/mol. The molecule has 0 unspecified atom stereocenters. The summed E-state index contributed by atoms with van der Waals surface area (Å²) < 4.78 is 5.27. The molecule has 2 heterocycles. The first-order chi connectivity index (χ1) is 9.35. The van der Waals surface area contributed by atoms with Crippen molar-refractivity contribution in [1.82, 2.24) is 9.99 Å². The highest BCUT2D eigenvalue weighted by atomic mass is 35.5. The van der Waals surface area contributed by atoms with Gasteiger partial charge in [0, 0.05) is 25.5 Å². The van der Waals surface area contributed by atoms with Gasteiger partial charge in [-0.2, -0.15) is 0 Å². The van der Waals surface area contributed by atoms with E-state index in [1.165, 1.54) is 11.1 Å². The Morgan fingerprint density at radius 2 is 1.95 bits per heavy atom. The molecule has 0 fully saturated rings. The maximum atomic E-state index is 5.27. The summed E-state index contributed by atoms with van der Waals surface area (Å²) in [5.74, 6) is 0.939. The predicted octanol–water partition coefficient (Wildman–Crippen LogP) is 2.90. The number of methoxy groups -OCH3 is 1. The molecule has 0 atom stereocenters. The van der Waals surface area contributed by atoms with Gasteiger partial charge in [0.2, 0.25) is 0 Å². The van der Waals surface area contributed by atoms with E-state index in [9.17, 15) is 0 Å². The van der Waals surface area contributed by atoms with Crippen LogP contribution in [-0.2, 0) is 13.0 Å². The Morgan fingerprint density at radius 3 is 2.70 bits per heavy atom. The Kier molecular flexibility index (Phi) is 4.82. The summed E-state index contributed by atoms with van der Waals surface area (Å²) in [7, 11) is 1.71. The molecule has 1 aliphatic rings. The highest BCUT2D eigenvalue weighted by molar-refractivity contribution is 5.85. The average Bonchev–Trinajstić information content (AvgIpc) is 2.48. The molecule has 0 saturated carbocycles. The molecule has 0 spiro atoms. The third kappa shape index (κ3) is 3.21. The SMILES string of the molecule is COc1ccc2c(c1)CCN(Nc1ccncc1)C2.Cl. The van der Waals surface area contributed by atoms with Crippen molar-refractivity contribution in [3.05, 3.63) is 53.9 Å². The van der Waals surface area contributed by atoms with Gasteiger partial charge in [-0.1, -0.05) is 6.07 Å². The lowest BCUT2D eigenvalue weighted by Gasteiger charge is -2.30. The molecular formula is C15H18ClN3O. The molecule has 20 heavy (non-hydrogen) atoms. The van der Waals surface area contributed by atoms with Gasteiger partial charge in [0.05, 0.1) is 12.8 Å². The highest BCUT2D eigenvalue weighted by Crippen LogP contribution is 2.23. The minimum absolute atomic E-state index is 0. The van der Waals surface area contributed by atoms with E-state index in [1.54, 1.807) is 19.5 Å². The molecular weight excluding hydrogens is 274 g/mol. The molecule has 5 heteroatoms. The van der Waals surface area contributed by atoms with Crippen LogP contribution in [0.4, 0.5) is 5.69 Å². The fourth-order valence-corrected chi connectivity index (χ4v) is 2.36. The van der Waals surface area contributed by atoms with E-state index in [4.69, 9.17) is 4.74 Å². The lowest BCUT2D eigenvalue weighted by Crippen LogP contribution is -2.35. The summed E-state index contributed by atoms with van der Waals surface area (Å²) in [6.45, 7) is 1.89. The standard InChI is InChI=1S/C15H17N3O.ClH/c1-19-15-3-2-13-11-18(9-6-12(13)10-15)17-14-4-7-16-8-5-14;/h2-5,7-8,10H,6,9,11H2,1H3,(H,16,17);1H. The van der Waals surface area contributed by atoms with Gasteiger partial charge in [0.15, 0.2) is 0 Å². The van der Waals surface area contributed by atoms with Crippen molar-refractivity contribution >= 4 is 18.1 Å². The van der Waals surface area contributed by atoms with E-state index < -0.39 is 0 Å². The molecule has 1 aromatic carbocycles. The van der Waals surface area contributed by atoms with Gasteiger partial charge < -0.3 is 10.2 Å². The van der Waals surface area contributed by atoms with Crippen molar-refractivity contribution in [3.63, 3.8) is 0 Å². The number of hydrogen-bond acceptors (Lipinski definition) is 4. The van der Waals surface area contributed by atoms with Crippen LogP contribution in [0.3, 0.4) is 0 Å². The number of anilines is 1. The van der Waals surface area contributed by atoms with Gasteiger partial charge in [-0.3, -0.25) is 4.98 Å². The third-order valence-electron chi connectivity index (χ3n) is 3.39. The lowest BCUT2D eigenvalue weighted by atomic mass is 10.0. The Labute approximate surface area is 125 Å². The zero-order valence-corrected chi connectivity index (χ0v) is 12.2. The topological polar surface area (TPSA) is 37.4 Å². The minimum atomic E-state index is 0.